The molecule has 2 heterocycles. The first-order valence-corrected chi connectivity index (χ1v) is 10.7. The predicted octanol–water partition coefficient (Wildman–Crippen LogP) is 5.69. The van der Waals surface area contributed by atoms with Crippen LogP contribution in [0.15, 0.2) is 66.7 Å². The average Bonchev–Trinajstić information content (AvgIpc) is 3.07. The van der Waals surface area contributed by atoms with Crippen molar-refractivity contribution in [2.45, 2.75) is 20.8 Å². The number of ether oxygens (including phenoxy) is 1. The van der Waals surface area contributed by atoms with Gasteiger partial charge in [-0.15, -0.1) is 10.2 Å². The molecule has 0 radical (unpaired) electrons. The third-order valence-corrected chi connectivity index (χ3v) is 5.50. The highest BCUT2D eigenvalue weighted by Gasteiger charge is 2.11. The first kappa shape index (κ1) is 22.2. The van der Waals surface area contributed by atoms with Gasteiger partial charge < -0.3 is 10.1 Å². The number of carbonyl (C=O) groups is 1. The van der Waals surface area contributed by atoms with Crippen molar-refractivity contribution >= 4 is 29.3 Å². The number of benzene rings is 2. The Labute approximate surface area is 196 Å². The van der Waals surface area contributed by atoms with Crippen LogP contribution in [0.3, 0.4) is 0 Å². The zero-order valence-electron chi connectivity index (χ0n) is 18.4. The van der Waals surface area contributed by atoms with Crippen molar-refractivity contribution in [1.29, 1.82) is 0 Å². The maximum atomic E-state index is 12.2. The lowest BCUT2D eigenvalue weighted by Gasteiger charge is -2.07. The molecule has 0 atom stereocenters. The van der Waals surface area contributed by atoms with Crippen LogP contribution in [0.25, 0.3) is 11.9 Å². The Balaban J connectivity index is 1.37. The summed E-state index contributed by atoms with van der Waals surface area (Å²) in [4.78, 5) is 12.2. The first-order valence-electron chi connectivity index (χ1n) is 10.3. The summed E-state index contributed by atoms with van der Waals surface area (Å²) >= 11 is 6.09. The number of aromatic nitrogens is 4. The minimum absolute atomic E-state index is 0.260. The lowest BCUT2D eigenvalue weighted by atomic mass is 10.2. The fraction of sp³-hybridized carbons (Fsp3) is 0.120. The third-order valence-electron chi connectivity index (χ3n) is 5.16. The maximum absolute atomic E-state index is 12.2. The van der Waals surface area contributed by atoms with E-state index in [9.17, 15) is 4.79 Å². The maximum Gasteiger partial charge on any atom is 0.248 e. The Morgan fingerprint density at radius 1 is 1.00 bits per heavy atom. The van der Waals surface area contributed by atoms with Crippen molar-refractivity contribution in [1.82, 2.24) is 20.0 Å². The van der Waals surface area contributed by atoms with E-state index >= 15 is 0 Å². The molecule has 2 aromatic heterocycles. The molecule has 1 N–H and O–H groups in total. The van der Waals surface area contributed by atoms with Gasteiger partial charge >= 0.3 is 0 Å². The zero-order valence-corrected chi connectivity index (χ0v) is 19.2. The van der Waals surface area contributed by atoms with Crippen molar-refractivity contribution in [3.8, 4) is 17.4 Å². The third kappa shape index (κ3) is 5.27. The molecule has 8 heteroatoms. The number of hydrogen-bond acceptors (Lipinski definition) is 5. The van der Waals surface area contributed by atoms with E-state index in [1.165, 1.54) is 6.08 Å². The minimum atomic E-state index is -0.260. The first-order chi connectivity index (χ1) is 15.9. The molecule has 0 aliphatic rings. The molecule has 166 valence electrons. The number of hydrogen-bond donors (Lipinski definition) is 1. The second-order valence-electron chi connectivity index (χ2n) is 7.41. The van der Waals surface area contributed by atoms with E-state index in [4.69, 9.17) is 16.3 Å². The number of halogens is 1. The molecule has 0 spiro atoms. The van der Waals surface area contributed by atoms with Gasteiger partial charge in [-0.2, -0.15) is 5.10 Å². The van der Waals surface area contributed by atoms with E-state index in [1.54, 1.807) is 53.2 Å². The molecule has 4 rings (SSSR count). The molecule has 4 aromatic rings. The summed E-state index contributed by atoms with van der Waals surface area (Å²) in [5, 5.41) is 16.2. The molecule has 33 heavy (non-hydrogen) atoms. The van der Waals surface area contributed by atoms with Crippen molar-refractivity contribution < 1.29 is 9.53 Å². The van der Waals surface area contributed by atoms with Crippen molar-refractivity contribution in [2.24, 2.45) is 0 Å². The number of aryl methyl sites for hydroxylation is 1. The monoisotopic (exact) mass is 459 g/mol. The number of nitrogens with zero attached hydrogens (tertiary/aromatic N) is 4. The van der Waals surface area contributed by atoms with E-state index in [-0.39, 0.29) is 5.91 Å². The van der Waals surface area contributed by atoms with Crippen LogP contribution in [0.2, 0.25) is 5.02 Å². The smallest absolute Gasteiger partial charge is 0.248 e. The number of carbonyl (C=O) groups excluding carboxylic acids is 1. The predicted molar refractivity (Wildman–Crippen MR) is 129 cm³/mol. The van der Waals surface area contributed by atoms with Crippen molar-refractivity contribution in [3.05, 3.63) is 94.3 Å². The van der Waals surface area contributed by atoms with Gasteiger partial charge in [0.1, 0.15) is 5.75 Å². The molecule has 0 bridgehead atoms. The molecular formula is C25H22ClN5O2. The summed E-state index contributed by atoms with van der Waals surface area (Å²) in [5.41, 5.74) is 4.52. The van der Waals surface area contributed by atoms with E-state index in [2.05, 4.69) is 20.6 Å². The van der Waals surface area contributed by atoms with Gasteiger partial charge in [0.15, 0.2) is 5.82 Å². The SMILES string of the molecule is Cc1nn(-c2ccc(Oc3ccc(NC(=O)/C=C/c4ccccc4Cl)cc3)nn2)c(C)c1C. The van der Waals surface area contributed by atoms with Gasteiger partial charge in [-0.25, -0.2) is 4.68 Å². The van der Waals surface area contributed by atoms with Gasteiger partial charge in [-0.1, -0.05) is 29.8 Å². The van der Waals surface area contributed by atoms with Gasteiger partial charge in [-0.05, 0) is 74.4 Å². The Hall–Kier alpha value is -3.97. The van der Waals surface area contributed by atoms with E-state index in [1.807, 2.05) is 39.0 Å². The van der Waals surface area contributed by atoms with Crippen LogP contribution < -0.4 is 10.1 Å². The molecule has 0 aliphatic heterocycles. The Kier molecular flexibility index (Phi) is 6.51. The van der Waals surface area contributed by atoms with Crippen LogP contribution >= 0.6 is 11.6 Å². The summed E-state index contributed by atoms with van der Waals surface area (Å²) in [6.45, 7) is 5.99. The normalized spacial score (nSPS) is 11.0. The standard InChI is InChI=1S/C25H22ClN5O2/c1-16-17(2)30-31(18(16)3)23-13-15-25(29-28-23)33-21-11-9-20(10-12-21)27-24(32)14-8-19-6-4-5-7-22(19)26/h4-15H,1-3H3,(H,27,32)/b14-8+. The Bertz CT molecular complexity index is 1310. The topological polar surface area (TPSA) is 81.9 Å². The summed E-state index contributed by atoms with van der Waals surface area (Å²) in [5.74, 6) is 1.29. The van der Waals surface area contributed by atoms with Crippen LogP contribution in [-0.4, -0.2) is 25.9 Å². The van der Waals surface area contributed by atoms with Crippen LogP contribution in [0.1, 0.15) is 22.5 Å². The van der Waals surface area contributed by atoms with Crippen LogP contribution in [0.5, 0.6) is 11.6 Å². The molecule has 7 nitrogen and oxygen atoms in total. The van der Waals surface area contributed by atoms with Crippen molar-refractivity contribution in [3.63, 3.8) is 0 Å². The highest BCUT2D eigenvalue weighted by molar-refractivity contribution is 6.32. The molecule has 0 unspecified atom stereocenters. The van der Waals surface area contributed by atoms with E-state index < -0.39 is 0 Å². The van der Waals surface area contributed by atoms with Crippen LogP contribution in [0, 0.1) is 20.8 Å². The Morgan fingerprint density at radius 3 is 2.39 bits per heavy atom. The molecule has 2 aromatic carbocycles. The molecule has 0 fully saturated rings. The summed E-state index contributed by atoms with van der Waals surface area (Å²) in [6, 6.07) is 17.8. The van der Waals surface area contributed by atoms with Gasteiger partial charge in [-0.3, -0.25) is 4.79 Å². The van der Waals surface area contributed by atoms with Gasteiger partial charge in [0, 0.05) is 28.5 Å². The highest BCUT2D eigenvalue weighted by atomic mass is 35.5. The highest BCUT2D eigenvalue weighted by Crippen LogP contribution is 2.22. The van der Waals surface area contributed by atoms with E-state index in [0.717, 1.165) is 22.5 Å². The summed E-state index contributed by atoms with van der Waals surface area (Å²) < 4.78 is 7.53. The van der Waals surface area contributed by atoms with Gasteiger partial charge in [0.2, 0.25) is 11.8 Å². The lowest BCUT2D eigenvalue weighted by Crippen LogP contribution is -2.07. The van der Waals surface area contributed by atoms with Crippen molar-refractivity contribution in [2.75, 3.05) is 5.32 Å². The fourth-order valence-corrected chi connectivity index (χ4v) is 3.31. The Morgan fingerprint density at radius 2 is 1.76 bits per heavy atom. The van der Waals surface area contributed by atoms with Gasteiger partial charge in [0.05, 0.1) is 5.69 Å². The quantitative estimate of drug-likeness (QED) is 0.375. The molecular weight excluding hydrogens is 438 g/mol. The van der Waals surface area contributed by atoms with E-state index in [0.29, 0.717) is 28.2 Å². The fourth-order valence-electron chi connectivity index (χ4n) is 3.11. The number of anilines is 1. The van der Waals surface area contributed by atoms with Crippen LogP contribution in [0.4, 0.5) is 5.69 Å². The second-order valence-corrected chi connectivity index (χ2v) is 7.82. The number of rotatable bonds is 6. The molecule has 0 saturated carbocycles. The van der Waals surface area contributed by atoms with Crippen LogP contribution in [-0.2, 0) is 4.79 Å². The zero-order chi connectivity index (χ0) is 23.4. The second kappa shape index (κ2) is 9.67. The molecule has 0 aliphatic carbocycles. The lowest BCUT2D eigenvalue weighted by molar-refractivity contribution is -0.111. The number of nitrogens with one attached hydrogen (secondary N) is 1. The largest absolute Gasteiger partial charge is 0.438 e. The molecule has 0 saturated heterocycles. The number of amides is 1. The summed E-state index contributed by atoms with van der Waals surface area (Å²) in [7, 11) is 0. The van der Waals surface area contributed by atoms with Gasteiger partial charge in [0.25, 0.3) is 0 Å². The summed E-state index contributed by atoms with van der Waals surface area (Å²) in [6.07, 6.45) is 3.11. The average molecular weight is 460 g/mol. The molecule has 1 amide bonds. The minimum Gasteiger partial charge on any atom is -0.438 e.